The van der Waals surface area contributed by atoms with E-state index in [1.54, 1.807) is 0 Å². The van der Waals surface area contributed by atoms with Crippen molar-refractivity contribution in [2.75, 3.05) is 7.11 Å². The lowest BCUT2D eigenvalue weighted by atomic mass is 9.41. The molecule has 0 unspecified atom stereocenters. The maximum atomic E-state index is 12.4. The van der Waals surface area contributed by atoms with Crippen molar-refractivity contribution >= 4 is 11.8 Å². The van der Waals surface area contributed by atoms with Crippen molar-refractivity contribution in [1.82, 2.24) is 0 Å². The van der Waals surface area contributed by atoms with Gasteiger partial charge in [0.2, 0.25) is 0 Å². The molecule has 4 nitrogen and oxygen atoms in total. The number of hydrogen-bond donors (Lipinski definition) is 1. The minimum Gasteiger partial charge on any atom is -0.469 e. The van der Waals surface area contributed by atoms with Crippen LogP contribution in [-0.4, -0.2) is 30.1 Å². The Kier molecular flexibility index (Phi) is 6.35. The average Bonchev–Trinajstić information content (AvgIpc) is 3.10. The van der Waals surface area contributed by atoms with Crippen LogP contribution in [0.3, 0.4) is 0 Å². The normalized spacial score (nSPS) is 47.8. The first-order valence-electron chi connectivity index (χ1n) is 12.9. The zero-order chi connectivity index (χ0) is 22.6. The molecule has 4 fully saturated rings. The predicted octanol–water partition coefficient (Wildman–Crippen LogP) is 5.41. The highest BCUT2D eigenvalue weighted by Gasteiger charge is 2.64. The molecule has 0 aromatic carbocycles. The highest BCUT2D eigenvalue weighted by atomic mass is 16.5. The largest absolute Gasteiger partial charge is 0.469 e. The van der Waals surface area contributed by atoms with Crippen molar-refractivity contribution in [3.05, 3.63) is 0 Å². The lowest BCUT2D eigenvalue weighted by Gasteiger charge is -2.64. The maximum Gasteiger partial charge on any atom is 0.305 e. The summed E-state index contributed by atoms with van der Waals surface area (Å²) in [7, 11) is 1.47. The summed E-state index contributed by atoms with van der Waals surface area (Å²) in [4.78, 5) is 24.1. The molecule has 0 aromatic rings. The lowest BCUT2D eigenvalue weighted by molar-refractivity contribution is -0.194. The molecule has 1 N–H and O–H groups in total. The van der Waals surface area contributed by atoms with Gasteiger partial charge in [-0.2, -0.15) is 0 Å². The van der Waals surface area contributed by atoms with Crippen molar-refractivity contribution in [3.63, 3.8) is 0 Å². The fourth-order valence-electron chi connectivity index (χ4n) is 9.39. The third-order valence-corrected chi connectivity index (χ3v) is 11.0. The Bertz CT molecular complexity index is 703. The summed E-state index contributed by atoms with van der Waals surface area (Å²) in [5, 5.41) is 11.7. The standard InChI is InChI=1S/C27H44O4/c1-6-18-22-15-17(28)11-13-27(22,4)21-12-14-26(3)19(16(2)7-10-23(29)31-5)8-9-20(26)24(21)25(18)30/h16,18-22,24-25,30H,6-15H2,1-5H3/t16-,18-,19-,20+,21+,22+,24+,25-,26-,27-/m1/s1. The van der Waals surface area contributed by atoms with Gasteiger partial charge in [0, 0.05) is 19.3 Å². The van der Waals surface area contributed by atoms with E-state index in [0.717, 1.165) is 25.7 Å². The monoisotopic (exact) mass is 432 g/mol. The number of carbonyl (C=O) groups is 2. The number of esters is 1. The molecule has 0 aromatic heterocycles. The van der Waals surface area contributed by atoms with E-state index in [9.17, 15) is 14.7 Å². The third kappa shape index (κ3) is 3.60. The van der Waals surface area contributed by atoms with Crippen LogP contribution >= 0.6 is 0 Å². The summed E-state index contributed by atoms with van der Waals surface area (Å²) in [5.74, 6) is 3.53. The molecule has 10 atom stereocenters. The number of aliphatic hydroxyl groups excluding tert-OH is 1. The number of rotatable bonds is 5. The minimum absolute atomic E-state index is 0.102. The molecular formula is C27H44O4. The van der Waals surface area contributed by atoms with Gasteiger partial charge in [0.25, 0.3) is 0 Å². The molecule has 0 saturated heterocycles. The number of fused-ring (bicyclic) bond motifs is 5. The molecule has 4 saturated carbocycles. The molecule has 0 bridgehead atoms. The van der Waals surface area contributed by atoms with Crippen molar-refractivity contribution in [2.45, 2.75) is 98.0 Å². The molecule has 0 radical (unpaired) electrons. The maximum absolute atomic E-state index is 12.4. The Labute approximate surface area is 188 Å². The molecule has 31 heavy (non-hydrogen) atoms. The molecular weight excluding hydrogens is 388 g/mol. The first-order valence-corrected chi connectivity index (χ1v) is 12.9. The van der Waals surface area contributed by atoms with Crippen LogP contribution in [0.1, 0.15) is 91.9 Å². The fourth-order valence-corrected chi connectivity index (χ4v) is 9.39. The topological polar surface area (TPSA) is 63.6 Å². The smallest absolute Gasteiger partial charge is 0.305 e. The molecule has 0 spiro atoms. The highest BCUT2D eigenvalue weighted by Crippen LogP contribution is 2.69. The minimum atomic E-state index is -0.271. The van der Waals surface area contributed by atoms with Gasteiger partial charge >= 0.3 is 5.97 Å². The van der Waals surface area contributed by atoms with Crippen molar-refractivity contribution in [3.8, 4) is 0 Å². The van der Waals surface area contributed by atoms with Gasteiger partial charge in [0.05, 0.1) is 13.2 Å². The number of aliphatic hydroxyl groups is 1. The van der Waals surface area contributed by atoms with Crippen LogP contribution in [0.5, 0.6) is 0 Å². The Hall–Kier alpha value is -0.900. The fraction of sp³-hybridized carbons (Fsp3) is 0.926. The van der Waals surface area contributed by atoms with Crippen molar-refractivity contribution < 1.29 is 19.4 Å². The quantitative estimate of drug-likeness (QED) is 0.590. The van der Waals surface area contributed by atoms with Gasteiger partial charge in [0.15, 0.2) is 0 Å². The van der Waals surface area contributed by atoms with Crippen LogP contribution < -0.4 is 0 Å². The molecule has 176 valence electrons. The Balaban J connectivity index is 1.59. The number of methoxy groups -OCH3 is 1. The van der Waals surface area contributed by atoms with Crippen molar-refractivity contribution in [2.24, 2.45) is 52.3 Å². The van der Waals surface area contributed by atoms with E-state index in [1.807, 2.05) is 0 Å². The highest BCUT2D eigenvalue weighted by molar-refractivity contribution is 5.79. The summed E-state index contributed by atoms with van der Waals surface area (Å²) in [6.07, 6.45) is 9.38. The predicted molar refractivity (Wildman–Crippen MR) is 121 cm³/mol. The molecule has 4 aliphatic carbocycles. The number of carbonyl (C=O) groups excluding carboxylic acids is 2. The molecule has 0 heterocycles. The van der Waals surface area contributed by atoms with E-state index in [1.165, 1.54) is 32.8 Å². The number of ketones is 1. The van der Waals surface area contributed by atoms with Crippen LogP contribution in [-0.2, 0) is 14.3 Å². The van der Waals surface area contributed by atoms with Crippen LogP contribution in [0.4, 0.5) is 0 Å². The Morgan fingerprint density at radius 1 is 1.13 bits per heavy atom. The van der Waals surface area contributed by atoms with Gasteiger partial charge in [-0.25, -0.2) is 0 Å². The summed E-state index contributed by atoms with van der Waals surface area (Å²) < 4.78 is 4.88. The van der Waals surface area contributed by atoms with E-state index >= 15 is 0 Å². The van der Waals surface area contributed by atoms with Gasteiger partial charge in [0.1, 0.15) is 5.78 Å². The molecule has 4 aliphatic rings. The summed E-state index contributed by atoms with van der Waals surface area (Å²) >= 11 is 0. The van der Waals surface area contributed by atoms with E-state index in [2.05, 4.69) is 27.7 Å². The molecule has 4 rings (SSSR count). The van der Waals surface area contributed by atoms with Crippen LogP contribution in [0.25, 0.3) is 0 Å². The molecule has 0 aliphatic heterocycles. The summed E-state index contributed by atoms with van der Waals surface area (Å²) in [5.41, 5.74) is 0.456. The van der Waals surface area contributed by atoms with Gasteiger partial charge in [-0.1, -0.05) is 34.1 Å². The zero-order valence-electron chi connectivity index (χ0n) is 20.4. The number of hydrogen-bond acceptors (Lipinski definition) is 4. The summed E-state index contributed by atoms with van der Waals surface area (Å²) in [6, 6.07) is 0. The lowest BCUT2D eigenvalue weighted by Crippen LogP contribution is -2.61. The van der Waals surface area contributed by atoms with Crippen LogP contribution in [0, 0.1) is 52.3 Å². The van der Waals surface area contributed by atoms with Gasteiger partial charge < -0.3 is 9.84 Å². The second-order valence-electron chi connectivity index (χ2n) is 12.0. The molecule has 4 heteroatoms. The average molecular weight is 433 g/mol. The van der Waals surface area contributed by atoms with Gasteiger partial charge in [-0.15, -0.1) is 0 Å². The van der Waals surface area contributed by atoms with Gasteiger partial charge in [-0.05, 0) is 90.8 Å². The van der Waals surface area contributed by atoms with E-state index in [0.29, 0.717) is 54.1 Å². The summed E-state index contributed by atoms with van der Waals surface area (Å²) in [6.45, 7) is 9.49. The van der Waals surface area contributed by atoms with E-state index in [-0.39, 0.29) is 28.8 Å². The number of Topliss-reactive ketones (excluding diaryl/α,β-unsaturated/α-hetero) is 1. The van der Waals surface area contributed by atoms with Gasteiger partial charge in [-0.3, -0.25) is 9.59 Å². The van der Waals surface area contributed by atoms with Crippen LogP contribution in [0.2, 0.25) is 0 Å². The second kappa shape index (κ2) is 8.47. The zero-order valence-corrected chi connectivity index (χ0v) is 20.4. The number of ether oxygens (including phenoxy) is 1. The third-order valence-electron chi connectivity index (χ3n) is 11.0. The Morgan fingerprint density at radius 2 is 1.84 bits per heavy atom. The first-order chi connectivity index (χ1) is 14.7. The molecule has 0 amide bonds. The van der Waals surface area contributed by atoms with Crippen molar-refractivity contribution in [1.29, 1.82) is 0 Å². The Morgan fingerprint density at radius 3 is 2.52 bits per heavy atom. The van der Waals surface area contributed by atoms with Crippen LogP contribution in [0.15, 0.2) is 0 Å². The van der Waals surface area contributed by atoms with E-state index in [4.69, 9.17) is 4.74 Å². The first kappa shape index (κ1) is 23.3. The second-order valence-corrected chi connectivity index (χ2v) is 12.0. The van der Waals surface area contributed by atoms with E-state index < -0.39 is 0 Å². The SMILES string of the molecule is CC[C@H]1[C@@H](O)[C@@H]2[C@H](CC[C@]3(C)[C@@H]([C@H](C)CCC(=O)OC)CC[C@@H]23)[C@@]2(C)CCC(=O)C[C@@H]12.